The molecule has 1 aromatic heterocycles. The first kappa shape index (κ1) is 45.4. The van der Waals surface area contributed by atoms with Gasteiger partial charge in [0.05, 0.1) is 46.1 Å². The van der Waals surface area contributed by atoms with Crippen LogP contribution in [0.5, 0.6) is 0 Å². The number of aryl methyl sites for hydroxylation is 1. The Kier molecular flexibility index (Phi) is 12.1. The van der Waals surface area contributed by atoms with E-state index in [4.69, 9.17) is 12.2 Å². The maximum atomic E-state index is 15.5. The Bertz CT molecular complexity index is 2910. The van der Waals surface area contributed by atoms with Crippen LogP contribution in [0, 0.1) is 23.0 Å². The first-order valence-corrected chi connectivity index (χ1v) is 21.3. The molecule has 0 radical (unpaired) electrons. The van der Waals surface area contributed by atoms with Crippen molar-refractivity contribution >= 4 is 69.2 Å². The minimum atomic E-state index is -4.87. The molecule has 3 aliphatic rings. The molecule has 1 saturated heterocycles. The standard InChI is InChI=1S/C47H40F5N9O4S/c1-46(2)44(65)60(29-15-12-26(22-53)33(20-29)47(50,51)52)45(66)61(46)30-16-17-31(34(49)21-30)36(62)8-6-4-5-7-9-38(64)57-28-13-10-25(11-14-28)41-40(43-55-24-56-59(43)3)42-39-32(37(63)23-54-42)18-27(48)19-35(39)58-41/h10-21,24,40-41,58H,4-9,23H2,1-3H3,(H,57,64)/t40-,41-/m0/s1. The van der Waals surface area contributed by atoms with Crippen molar-refractivity contribution in [3.63, 3.8) is 0 Å². The molecule has 4 aromatic carbocycles. The molecule has 0 aliphatic carbocycles. The second kappa shape index (κ2) is 17.6. The van der Waals surface area contributed by atoms with Crippen LogP contribution < -0.4 is 20.4 Å². The van der Waals surface area contributed by atoms with Gasteiger partial charge in [0, 0.05) is 48.1 Å². The van der Waals surface area contributed by atoms with Crippen LogP contribution in [0.3, 0.4) is 0 Å². The van der Waals surface area contributed by atoms with Gasteiger partial charge in [-0.15, -0.1) is 0 Å². The predicted molar refractivity (Wildman–Crippen MR) is 239 cm³/mol. The number of thiocarbonyl (C=S) groups is 1. The summed E-state index contributed by atoms with van der Waals surface area (Å²) in [6.07, 6.45) is -0.976. The fourth-order valence-electron chi connectivity index (χ4n) is 8.72. The number of amides is 2. The summed E-state index contributed by atoms with van der Waals surface area (Å²) in [6.45, 7) is 2.86. The lowest BCUT2D eigenvalue weighted by Gasteiger charge is -2.37. The number of halogens is 5. The van der Waals surface area contributed by atoms with Crippen molar-refractivity contribution in [1.29, 1.82) is 5.26 Å². The van der Waals surface area contributed by atoms with Gasteiger partial charge >= 0.3 is 6.18 Å². The van der Waals surface area contributed by atoms with Crippen LogP contribution in [-0.4, -0.2) is 61.1 Å². The van der Waals surface area contributed by atoms with Crippen molar-refractivity contribution in [1.82, 2.24) is 14.8 Å². The van der Waals surface area contributed by atoms with E-state index in [2.05, 4.69) is 25.7 Å². The van der Waals surface area contributed by atoms with Crippen LogP contribution in [0.2, 0.25) is 0 Å². The molecule has 3 aliphatic heterocycles. The highest BCUT2D eigenvalue weighted by molar-refractivity contribution is 7.81. The Morgan fingerprint density at radius 3 is 2.33 bits per heavy atom. The molecule has 338 valence electrons. The van der Waals surface area contributed by atoms with E-state index in [-0.39, 0.29) is 58.7 Å². The highest BCUT2D eigenvalue weighted by atomic mass is 32.1. The zero-order valence-electron chi connectivity index (χ0n) is 35.7. The number of carbonyl (C=O) groups excluding carboxylic acids is 4. The van der Waals surface area contributed by atoms with Crippen LogP contribution in [0.4, 0.5) is 44.7 Å². The number of anilines is 4. The average Bonchev–Trinajstić information content (AvgIpc) is 3.77. The molecule has 0 bridgehead atoms. The quantitative estimate of drug-likeness (QED) is 0.0504. The number of aliphatic imine (C=N–C) groups is 1. The van der Waals surface area contributed by atoms with Gasteiger partial charge in [-0.3, -0.25) is 33.8 Å². The number of hydrogen-bond donors (Lipinski definition) is 2. The number of nitriles is 1. The normalized spacial score (nSPS) is 17.6. The number of ketones is 2. The first-order valence-electron chi connectivity index (χ1n) is 20.9. The molecule has 13 nitrogen and oxygen atoms in total. The summed E-state index contributed by atoms with van der Waals surface area (Å²) in [5.74, 6) is -2.87. The predicted octanol–water partition coefficient (Wildman–Crippen LogP) is 9.00. The number of aromatic nitrogens is 3. The van der Waals surface area contributed by atoms with E-state index in [0.29, 0.717) is 60.2 Å². The van der Waals surface area contributed by atoms with E-state index in [0.717, 1.165) is 22.6 Å². The number of carbonyl (C=O) groups is 4. The van der Waals surface area contributed by atoms with E-state index in [1.54, 1.807) is 23.9 Å². The molecule has 0 spiro atoms. The van der Waals surface area contributed by atoms with E-state index >= 15 is 4.39 Å². The van der Waals surface area contributed by atoms with Gasteiger partial charge in [0.25, 0.3) is 5.91 Å². The highest BCUT2D eigenvalue weighted by Gasteiger charge is 2.51. The maximum Gasteiger partial charge on any atom is 0.417 e. The summed E-state index contributed by atoms with van der Waals surface area (Å²) in [4.78, 5) is 63.6. The number of unbranched alkanes of at least 4 members (excludes halogenated alkanes) is 3. The molecule has 19 heteroatoms. The SMILES string of the molecule is Cn1ncnc1[C@@H]1C2=NCC(=O)c3cc(F)cc(c32)N[C@H]1c1ccc(NC(=O)CCCCCCC(=O)c2ccc(N3C(=S)N(c4ccc(C#N)c(C(F)(F)F)c4)C(=O)C3(C)C)cc2F)cc1. The number of benzene rings is 4. The molecular formula is C47H40F5N9O4S. The lowest BCUT2D eigenvalue weighted by molar-refractivity contribution is -0.137. The minimum absolute atomic E-state index is 0.0372. The topological polar surface area (TPSA) is 166 Å². The Balaban J connectivity index is 0.832. The molecule has 2 N–H and O–H groups in total. The average molecular weight is 922 g/mol. The van der Waals surface area contributed by atoms with Gasteiger partial charge in [-0.25, -0.2) is 13.8 Å². The lowest BCUT2D eigenvalue weighted by Crippen LogP contribution is -2.44. The second-order valence-electron chi connectivity index (χ2n) is 16.7. The number of hydrogen-bond acceptors (Lipinski definition) is 10. The monoisotopic (exact) mass is 921 g/mol. The fraction of sp³-hybridized carbons (Fsp3) is 0.298. The van der Waals surface area contributed by atoms with Gasteiger partial charge in [-0.1, -0.05) is 25.0 Å². The van der Waals surface area contributed by atoms with Crippen LogP contribution in [0.1, 0.15) is 113 Å². The van der Waals surface area contributed by atoms with Crippen molar-refractivity contribution in [3.05, 3.63) is 130 Å². The first-order chi connectivity index (χ1) is 31.4. The molecule has 0 unspecified atom stereocenters. The molecule has 1 fully saturated rings. The Morgan fingerprint density at radius 1 is 0.955 bits per heavy atom. The van der Waals surface area contributed by atoms with Gasteiger partial charge in [0.15, 0.2) is 16.7 Å². The second-order valence-corrected chi connectivity index (χ2v) is 17.0. The minimum Gasteiger partial charge on any atom is -0.376 e. The Labute approximate surface area is 380 Å². The molecule has 8 rings (SSSR count). The number of rotatable bonds is 13. The van der Waals surface area contributed by atoms with Crippen molar-refractivity contribution in [2.24, 2.45) is 12.0 Å². The van der Waals surface area contributed by atoms with Crippen molar-refractivity contribution in [2.75, 3.05) is 27.0 Å². The van der Waals surface area contributed by atoms with Gasteiger partial charge in [0.1, 0.15) is 35.9 Å². The summed E-state index contributed by atoms with van der Waals surface area (Å²) in [5, 5.41) is 19.5. The smallest absolute Gasteiger partial charge is 0.376 e. The zero-order chi connectivity index (χ0) is 47.2. The molecule has 4 heterocycles. The molecule has 5 aromatic rings. The van der Waals surface area contributed by atoms with Crippen LogP contribution in [0.25, 0.3) is 0 Å². The summed E-state index contributed by atoms with van der Waals surface area (Å²) in [5.41, 5.74) is -0.315. The largest absolute Gasteiger partial charge is 0.417 e. The van der Waals surface area contributed by atoms with Gasteiger partial charge in [0.2, 0.25) is 5.91 Å². The molecule has 2 amide bonds. The van der Waals surface area contributed by atoms with Crippen LogP contribution >= 0.6 is 12.2 Å². The molecule has 2 atom stereocenters. The zero-order valence-corrected chi connectivity index (χ0v) is 36.5. The van der Waals surface area contributed by atoms with Gasteiger partial charge in [-0.05, 0) is 105 Å². The Hall–Kier alpha value is -7.20. The molecule has 0 saturated carbocycles. The molecular weight excluding hydrogens is 882 g/mol. The summed E-state index contributed by atoms with van der Waals surface area (Å²) in [6, 6.07) is 17.4. The lowest BCUT2D eigenvalue weighted by atomic mass is 9.78. The summed E-state index contributed by atoms with van der Waals surface area (Å²) >= 11 is 5.54. The van der Waals surface area contributed by atoms with Crippen molar-refractivity contribution < 1.29 is 41.1 Å². The number of Topliss-reactive ketones (excluding diaryl/α,β-unsaturated/α-hetero) is 2. The van der Waals surface area contributed by atoms with E-state index in [1.165, 1.54) is 61.5 Å². The summed E-state index contributed by atoms with van der Waals surface area (Å²) < 4.78 is 73.0. The van der Waals surface area contributed by atoms with E-state index in [9.17, 15) is 42.0 Å². The van der Waals surface area contributed by atoms with Gasteiger partial charge < -0.3 is 15.5 Å². The van der Waals surface area contributed by atoms with Crippen molar-refractivity contribution in [3.8, 4) is 6.07 Å². The number of nitrogens with one attached hydrogen (secondary N) is 2. The summed E-state index contributed by atoms with van der Waals surface area (Å²) in [7, 11) is 1.76. The maximum absolute atomic E-state index is 15.5. The number of nitrogens with zero attached hydrogens (tertiary/aromatic N) is 7. The number of alkyl halides is 3. The third kappa shape index (κ3) is 8.43. The van der Waals surface area contributed by atoms with Crippen LogP contribution in [-0.2, 0) is 22.8 Å². The Morgan fingerprint density at radius 2 is 1.67 bits per heavy atom. The third-order valence-corrected chi connectivity index (χ3v) is 12.4. The highest BCUT2D eigenvalue weighted by Crippen LogP contribution is 2.45. The third-order valence-electron chi connectivity index (χ3n) is 12.0. The fourth-order valence-corrected chi connectivity index (χ4v) is 9.24. The van der Waals surface area contributed by atoms with E-state index in [1.807, 2.05) is 12.1 Å². The molecule has 66 heavy (non-hydrogen) atoms. The van der Waals surface area contributed by atoms with Gasteiger partial charge in [-0.2, -0.15) is 23.5 Å². The van der Waals surface area contributed by atoms with Crippen LogP contribution in [0.15, 0.2) is 84.1 Å². The van der Waals surface area contributed by atoms with E-state index < -0.39 is 58.1 Å². The van der Waals surface area contributed by atoms with Crippen molar-refractivity contribution in [2.45, 2.75) is 76.0 Å².